The number of pyridine rings is 1. The SMILES string of the molecule is CCCNc1cc(CCC)nc(-c2ncc(C)cc2C)n1. The predicted molar refractivity (Wildman–Crippen MR) is 87.5 cm³/mol. The van der Waals surface area contributed by atoms with Crippen LogP contribution in [0.1, 0.15) is 43.5 Å². The van der Waals surface area contributed by atoms with Crippen LogP contribution in [0.15, 0.2) is 18.3 Å². The van der Waals surface area contributed by atoms with Gasteiger partial charge in [0.25, 0.3) is 0 Å². The Labute approximate surface area is 127 Å². The molecule has 0 unspecified atom stereocenters. The van der Waals surface area contributed by atoms with Crippen molar-refractivity contribution in [2.45, 2.75) is 47.0 Å². The van der Waals surface area contributed by atoms with Crippen molar-refractivity contribution in [2.75, 3.05) is 11.9 Å². The molecule has 4 heteroatoms. The summed E-state index contributed by atoms with van der Waals surface area (Å²) in [4.78, 5) is 13.8. The molecule has 0 fully saturated rings. The predicted octanol–water partition coefficient (Wildman–Crippen LogP) is 3.93. The van der Waals surface area contributed by atoms with Gasteiger partial charge in [0, 0.05) is 24.5 Å². The van der Waals surface area contributed by atoms with Gasteiger partial charge in [0.05, 0.1) is 0 Å². The van der Waals surface area contributed by atoms with Crippen LogP contribution in [0, 0.1) is 13.8 Å². The summed E-state index contributed by atoms with van der Waals surface area (Å²) in [5, 5.41) is 3.36. The lowest BCUT2D eigenvalue weighted by molar-refractivity contribution is 0.870. The topological polar surface area (TPSA) is 50.7 Å². The molecule has 0 aliphatic carbocycles. The van der Waals surface area contributed by atoms with E-state index in [1.54, 1.807) is 0 Å². The van der Waals surface area contributed by atoms with E-state index in [-0.39, 0.29) is 0 Å². The van der Waals surface area contributed by atoms with Gasteiger partial charge in [-0.3, -0.25) is 4.98 Å². The second kappa shape index (κ2) is 7.16. The van der Waals surface area contributed by atoms with E-state index in [4.69, 9.17) is 0 Å². The average molecular weight is 284 g/mol. The van der Waals surface area contributed by atoms with Crippen LogP contribution in [0.25, 0.3) is 11.5 Å². The van der Waals surface area contributed by atoms with Gasteiger partial charge < -0.3 is 5.32 Å². The molecule has 21 heavy (non-hydrogen) atoms. The molecule has 0 spiro atoms. The van der Waals surface area contributed by atoms with Gasteiger partial charge in [-0.25, -0.2) is 9.97 Å². The van der Waals surface area contributed by atoms with E-state index in [1.807, 2.05) is 19.2 Å². The fraction of sp³-hybridized carbons (Fsp3) is 0.471. The molecule has 112 valence electrons. The van der Waals surface area contributed by atoms with Crippen molar-refractivity contribution in [3.63, 3.8) is 0 Å². The molecule has 0 saturated heterocycles. The molecule has 0 aliphatic rings. The summed E-state index contributed by atoms with van der Waals surface area (Å²) in [6.45, 7) is 9.34. The van der Waals surface area contributed by atoms with Gasteiger partial charge in [-0.2, -0.15) is 0 Å². The van der Waals surface area contributed by atoms with Crippen molar-refractivity contribution in [1.82, 2.24) is 15.0 Å². The fourth-order valence-corrected chi connectivity index (χ4v) is 2.28. The lowest BCUT2D eigenvalue weighted by Gasteiger charge is -2.10. The van der Waals surface area contributed by atoms with E-state index in [9.17, 15) is 0 Å². The zero-order valence-electron chi connectivity index (χ0n) is 13.4. The molecule has 0 aliphatic heterocycles. The first-order valence-electron chi connectivity index (χ1n) is 7.69. The van der Waals surface area contributed by atoms with Gasteiger partial charge in [-0.15, -0.1) is 0 Å². The Balaban J connectivity index is 2.43. The molecule has 0 radical (unpaired) electrons. The summed E-state index contributed by atoms with van der Waals surface area (Å²) in [5.41, 5.74) is 4.22. The summed E-state index contributed by atoms with van der Waals surface area (Å²) >= 11 is 0. The number of aryl methyl sites for hydroxylation is 3. The standard InChI is InChI=1S/C17H24N4/c1-5-7-14-10-15(18-8-6-2)21-17(20-14)16-13(4)9-12(3)11-19-16/h9-11H,5-8H2,1-4H3,(H,18,20,21). The third-order valence-corrected chi connectivity index (χ3v) is 3.27. The van der Waals surface area contributed by atoms with Gasteiger partial charge in [-0.1, -0.05) is 26.3 Å². The summed E-state index contributed by atoms with van der Waals surface area (Å²) in [6.07, 6.45) is 4.98. The van der Waals surface area contributed by atoms with Crippen LogP contribution >= 0.6 is 0 Å². The highest BCUT2D eigenvalue weighted by Crippen LogP contribution is 2.21. The van der Waals surface area contributed by atoms with Crippen LogP contribution in [0.5, 0.6) is 0 Å². The van der Waals surface area contributed by atoms with Gasteiger partial charge in [0.2, 0.25) is 0 Å². The molecular weight excluding hydrogens is 260 g/mol. The zero-order chi connectivity index (χ0) is 15.2. The minimum absolute atomic E-state index is 0.719. The number of nitrogens with zero attached hydrogens (tertiary/aromatic N) is 3. The highest BCUT2D eigenvalue weighted by atomic mass is 15.0. The molecule has 0 saturated carbocycles. The molecule has 2 rings (SSSR count). The summed E-state index contributed by atoms with van der Waals surface area (Å²) in [6, 6.07) is 4.17. The van der Waals surface area contributed by atoms with Crippen LogP contribution in [-0.4, -0.2) is 21.5 Å². The normalized spacial score (nSPS) is 10.7. The second-order valence-electron chi connectivity index (χ2n) is 5.42. The number of aromatic nitrogens is 3. The van der Waals surface area contributed by atoms with E-state index in [0.717, 1.165) is 60.0 Å². The molecule has 4 nitrogen and oxygen atoms in total. The van der Waals surface area contributed by atoms with Crippen LogP contribution < -0.4 is 5.32 Å². The number of hydrogen-bond donors (Lipinski definition) is 1. The molecule has 0 amide bonds. The largest absolute Gasteiger partial charge is 0.370 e. The highest BCUT2D eigenvalue weighted by molar-refractivity contribution is 5.57. The maximum atomic E-state index is 4.68. The van der Waals surface area contributed by atoms with Crippen LogP contribution in [0.3, 0.4) is 0 Å². The average Bonchev–Trinajstić information content (AvgIpc) is 2.45. The molecule has 2 heterocycles. The molecular formula is C17H24N4. The monoisotopic (exact) mass is 284 g/mol. The minimum atomic E-state index is 0.719. The Morgan fingerprint density at radius 1 is 1.05 bits per heavy atom. The summed E-state index contributed by atoms with van der Waals surface area (Å²) in [7, 11) is 0. The van der Waals surface area contributed by atoms with Crippen LogP contribution in [-0.2, 0) is 6.42 Å². The van der Waals surface area contributed by atoms with E-state index in [2.05, 4.69) is 47.1 Å². The molecule has 0 atom stereocenters. The summed E-state index contributed by atoms with van der Waals surface area (Å²) in [5.74, 6) is 1.61. The first kappa shape index (κ1) is 15.4. The molecule has 2 aromatic heterocycles. The second-order valence-corrected chi connectivity index (χ2v) is 5.42. The molecule has 0 aromatic carbocycles. The van der Waals surface area contributed by atoms with Crippen molar-refractivity contribution in [3.05, 3.63) is 35.2 Å². The minimum Gasteiger partial charge on any atom is -0.370 e. The van der Waals surface area contributed by atoms with Gasteiger partial charge in [0.15, 0.2) is 5.82 Å². The lowest BCUT2D eigenvalue weighted by atomic mass is 10.1. The van der Waals surface area contributed by atoms with Gasteiger partial charge >= 0.3 is 0 Å². The lowest BCUT2D eigenvalue weighted by Crippen LogP contribution is -2.06. The Kier molecular flexibility index (Phi) is 5.26. The van der Waals surface area contributed by atoms with Crippen LogP contribution in [0.4, 0.5) is 5.82 Å². The highest BCUT2D eigenvalue weighted by Gasteiger charge is 2.10. The Bertz CT molecular complexity index is 608. The summed E-state index contributed by atoms with van der Waals surface area (Å²) < 4.78 is 0. The van der Waals surface area contributed by atoms with Gasteiger partial charge in [0.1, 0.15) is 11.5 Å². The van der Waals surface area contributed by atoms with E-state index >= 15 is 0 Å². The van der Waals surface area contributed by atoms with Gasteiger partial charge in [-0.05, 0) is 37.8 Å². The zero-order valence-corrected chi connectivity index (χ0v) is 13.4. The van der Waals surface area contributed by atoms with Crippen molar-refractivity contribution in [3.8, 4) is 11.5 Å². The van der Waals surface area contributed by atoms with Crippen molar-refractivity contribution < 1.29 is 0 Å². The first-order valence-corrected chi connectivity index (χ1v) is 7.69. The molecule has 0 bridgehead atoms. The Morgan fingerprint density at radius 2 is 1.86 bits per heavy atom. The third-order valence-electron chi connectivity index (χ3n) is 3.27. The molecule has 1 N–H and O–H groups in total. The number of anilines is 1. The maximum absolute atomic E-state index is 4.68. The van der Waals surface area contributed by atoms with Crippen LogP contribution in [0.2, 0.25) is 0 Å². The Hall–Kier alpha value is -1.97. The fourth-order valence-electron chi connectivity index (χ4n) is 2.28. The Morgan fingerprint density at radius 3 is 2.52 bits per heavy atom. The third kappa shape index (κ3) is 4.00. The quantitative estimate of drug-likeness (QED) is 0.873. The van der Waals surface area contributed by atoms with Crippen molar-refractivity contribution >= 4 is 5.82 Å². The van der Waals surface area contributed by atoms with E-state index in [1.165, 1.54) is 0 Å². The maximum Gasteiger partial charge on any atom is 0.180 e. The molecule has 2 aromatic rings. The number of rotatable bonds is 6. The van der Waals surface area contributed by atoms with Crippen molar-refractivity contribution in [1.29, 1.82) is 0 Å². The number of nitrogens with one attached hydrogen (secondary N) is 1. The van der Waals surface area contributed by atoms with E-state index in [0.29, 0.717) is 0 Å². The van der Waals surface area contributed by atoms with Crippen molar-refractivity contribution in [2.24, 2.45) is 0 Å². The van der Waals surface area contributed by atoms with E-state index < -0.39 is 0 Å². The number of hydrogen-bond acceptors (Lipinski definition) is 4. The first-order chi connectivity index (χ1) is 10.1. The smallest absolute Gasteiger partial charge is 0.180 e.